The van der Waals surface area contributed by atoms with Crippen molar-refractivity contribution in [3.63, 3.8) is 0 Å². The van der Waals surface area contributed by atoms with Crippen molar-refractivity contribution < 1.29 is 26.7 Å². The average molecular weight is 252 g/mol. The molecule has 0 radical (unpaired) electrons. The monoisotopic (exact) mass is 252 g/mol. The Hall–Kier alpha value is -1.91. The third-order valence-corrected chi connectivity index (χ3v) is 1.69. The Balaban J connectivity index is 3.13. The Morgan fingerprint density at radius 3 is 2.47 bits per heavy atom. The molecular formula is C9H5F5N2O. The summed E-state index contributed by atoms with van der Waals surface area (Å²) in [7, 11) is 0. The van der Waals surface area contributed by atoms with Gasteiger partial charge >= 0.3 is 12.8 Å². The van der Waals surface area contributed by atoms with Gasteiger partial charge in [-0.2, -0.15) is 27.2 Å². The Kier molecular flexibility index (Phi) is 3.83. The van der Waals surface area contributed by atoms with Gasteiger partial charge in [0.15, 0.2) is 0 Å². The topological polar surface area (TPSA) is 45.9 Å². The van der Waals surface area contributed by atoms with Gasteiger partial charge < -0.3 is 4.74 Å². The fraction of sp³-hybridized carbons (Fsp3) is 0.333. The smallest absolute Gasteiger partial charge is 0.433 e. The Labute approximate surface area is 92.4 Å². The van der Waals surface area contributed by atoms with E-state index in [4.69, 9.17) is 5.26 Å². The lowest BCUT2D eigenvalue weighted by atomic mass is 10.2. The van der Waals surface area contributed by atoms with Crippen LogP contribution in [0.3, 0.4) is 0 Å². The van der Waals surface area contributed by atoms with Crippen LogP contribution in [0.5, 0.6) is 5.75 Å². The quantitative estimate of drug-likeness (QED) is 0.777. The average Bonchev–Trinajstić information content (AvgIpc) is 2.18. The summed E-state index contributed by atoms with van der Waals surface area (Å²) in [5, 5.41) is 8.36. The van der Waals surface area contributed by atoms with Gasteiger partial charge in [0.05, 0.1) is 18.2 Å². The van der Waals surface area contributed by atoms with Gasteiger partial charge in [-0.3, -0.25) is 0 Å². The molecule has 0 aromatic carbocycles. The molecule has 0 aliphatic carbocycles. The van der Waals surface area contributed by atoms with E-state index in [1.165, 1.54) is 6.07 Å². The van der Waals surface area contributed by atoms with Crippen LogP contribution >= 0.6 is 0 Å². The molecule has 1 aromatic heterocycles. The lowest BCUT2D eigenvalue weighted by molar-refractivity contribution is -0.141. The Morgan fingerprint density at radius 2 is 2.00 bits per heavy atom. The molecule has 1 heterocycles. The van der Waals surface area contributed by atoms with Crippen LogP contribution in [0.25, 0.3) is 0 Å². The molecule has 0 saturated carbocycles. The van der Waals surface area contributed by atoms with E-state index in [1.807, 2.05) is 0 Å². The van der Waals surface area contributed by atoms with Gasteiger partial charge in [-0.25, -0.2) is 4.98 Å². The van der Waals surface area contributed by atoms with Crippen LogP contribution in [-0.4, -0.2) is 11.6 Å². The second-order valence-corrected chi connectivity index (χ2v) is 2.85. The first-order chi connectivity index (χ1) is 7.84. The van der Waals surface area contributed by atoms with Gasteiger partial charge in [-0.1, -0.05) is 0 Å². The zero-order valence-electron chi connectivity index (χ0n) is 8.13. The molecule has 0 N–H and O–H groups in total. The summed E-state index contributed by atoms with van der Waals surface area (Å²) in [5.74, 6) is -0.533. The number of nitriles is 1. The third kappa shape index (κ3) is 3.55. The third-order valence-electron chi connectivity index (χ3n) is 1.69. The first kappa shape index (κ1) is 13.2. The predicted molar refractivity (Wildman–Crippen MR) is 45.2 cm³/mol. The maximum absolute atomic E-state index is 12.3. The zero-order valence-corrected chi connectivity index (χ0v) is 8.13. The summed E-state index contributed by atoms with van der Waals surface area (Å²) >= 11 is 0. The highest BCUT2D eigenvalue weighted by atomic mass is 19.4. The molecular weight excluding hydrogens is 247 g/mol. The van der Waals surface area contributed by atoms with Crippen LogP contribution < -0.4 is 4.74 Å². The van der Waals surface area contributed by atoms with Gasteiger partial charge in [-0.05, 0) is 12.1 Å². The maximum atomic E-state index is 12.3. The van der Waals surface area contributed by atoms with E-state index in [0.717, 1.165) is 0 Å². The molecule has 8 heteroatoms. The fourth-order valence-corrected chi connectivity index (χ4v) is 1.05. The van der Waals surface area contributed by atoms with E-state index in [-0.39, 0.29) is 0 Å². The number of hydrogen-bond acceptors (Lipinski definition) is 3. The van der Waals surface area contributed by atoms with Crippen LogP contribution in [0.4, 0.5) is 22.0 Å². The van der Waals surface area contributed by atoms with Crippen molar-refractivity contribution >= 4 is 0 Å². The van der Waals surface area contributed by atoms with E-state index < -0.39 is 36.3 Å². The molecule has 3 nitrogen and oxygen atoms in total. The molecule has 0 spiro atoms. The van der Waals surface area contributed by atoms with Crippen LogP contribution in [0.15, 0.2) is 12.1 Å². The largest absolute Gasteiger partial charge is 0.433 e. The second kappa shape index (κ2) is 4.95. The number of nitrogens with zero attached hydrogens (tertiary/aromatic N) is 2. The molecule has 0 saturated heterocycles. The summed E-state index contributed by atoms with van der Waals surface area (Å²) < 4.78 is 64.6. The van der Waals surface area contributed by atoms with Crippen LogP contribution in [0, 0.1) is 11.3 Å². The van der Waals surface area contributed by atoms with E-state index in [0.29, 0.717) is 12.1 Å². The molecule has 92 valence electrons. The highest BCUT2D eigenvalue weighted by Crippen LogP contribution is 2.30. The highest BCUT2D eigenvalue weighted by molar-refractivity contribution is 5.32. The molecule has 0 aliphatic heterocycles. The number of hydrogen-bond donors (Lipinski definition) is 0. The molecule has 0 unspecified atom stereocenters. The highest BCUT2D eigenvalue weighted by Gasteiger charge is 2.33. The van der Waals surface area contributed by atoms with Crippen LogP contribution in [0.2, 0.25) is 0 Å². The van der Waals surface area contributed by atoms with Gasteiger partial charge in [0.2, 0.25) is 0 Å². The molecule has 1 aromatic rings. The summed E-state index contributed by atoms with van der Waals surface area (Å²) in [4.78, 5) is 3.08. The molecule has 1 rings (SSSR count). The number of ether oxygens (including phenoxy) is 1. The minimum absolute atomic E-state index is 0.470. The van der Waals surface area contributed by atoms with Gasteiger partial charge in [-0.15, -0.1) is 0 Å². The lowest BCUT2D eigenvalue weighted by Gasteiger charge is -2.11. The van der Waals surface area contributed by atoms with Gasteiger partial charge in [0, 0.05) is 0 Å². The Morgan fingerprint density at radius 1 is 1.35 bits per heavy atom. The molecule has 0 fully saturated rings. The first-order valence-electron chi connectivity index (χ1n) is 4.23. The van der Waals surface area contributed by atoms with Gasteiger partial charge in [0.1, 0.15) is 11.4 Å². The number of pyridine rings is 1. The van der Waals surface area contributed by atoms with E-state index >= 15 is 0 Å². The molecule has 0 atom stereocenters. The fourth-order valence-electron chi connectivity index (χ4n) is 1.05. The van der Waals surface area contributed by atoms with Crippen molar-refractivity contribution in [2.75, 3.05) is 0 Å². The summed E-state index contributed by atoms with van der Waals surface area (Å²) in [6, 6.07) is 2.75. The maximum Gasteiger partial charge on any atom is 0.433 e. The van der Waals surface area contributed by atoms with Crippen molar-refractivity contribution in [3.05, 3.63) is 23.5 Å². The first-order valence-corrected chi connectivity index (χ1v) is 4.23. The van der Waals surface area contributed by atoms with Crippen LogP contribution in [0.1, 0.15) is 11.4 Å². The van der Waals surface area contributed by atoms with E-state index in [1.54, 1.807) is 0 Å². The second-order valence-electron chi connectivity index (χ2n) is 2.85. The number of rotatable bonds is 3. The van der Waals surface area contributed by atoms with Crippen molar-refractivity contribution in [1.82, 2.24) is 4.98 Å². The SMILES string of the molecule is N#CCc1nc(C(F)(F)F)ccc1OC(F)F. The molecule has 0 amide bonds. The minimum Gasteiger partial charge on any atom is -0.433 e. The van der Waals surface area contributed by atoms with E-state index in [9.17, 15) is 22.0 Å². The number of halogens is 5. The van der Waals surface area contributed by atoms with E-state index in [2.05, 4.69) is 9.72 Å². The van der Waals surface area contributed by atoms with Crippen molar-refractivity contribution in [2.24, 2.45) is 0 Å². The summed E-state index contributed by atoms with van der Waals surface area (Å²) in [6.07, 6.45) is -5.25. The predicted octanol–water partition coefficient (Wildman–Crippen LogP) is 2.77. The van der Waals surface area contributed by atoms with Crippen molar-refractivity contribution in [1.29, 1.82) is 5.26 Å². The normalized spacial score (nSPS) is 11.4. The molecule has 17 heavy (non-hydrogen) atoms. The standard InChI is InChI=1S/C9H5F5N2O/c10-8(11)17-6-1-2-7(9(12,13)14)16-5(6)3-4-15/h1-2,8H,3H2. The molecule has 0 aliphatic rings. The summed E-state index contributed by atoms with van der Waals surface area (Å²) in [5.41, 5.74) is -1.73. The Bertz CT molecular complexity index is 438. The minimum atomic E-state index is -4.70. The zero-order chi connectivity index (χ0) is 13.1. The van der Waals surface area contributed by atoms with Gasteiger partial charge in [0.25, 0.3) is 0 Å². The number of aromatic nitrogens is 1. The van der Waals surface area contributed by atoms with Crippen LogP contribution in [-0.2, 0) is 12.6 Å². The molecule has 0 bridgehead atoms. The van der Waals surface area contributed by atoms with Crippen molar-refractivity contribution in [2.45, 2.75) is 19.2 Å². The number of alkyl halides is 5. The van der Waals surface area contributed by atoms with Crippen molar-refractivity contribution in [3.8, 4) is 11.8 Å². The lowest BCUT2D eigenvalue weighted by Crippen LogP contribution is -2.12. The summed E-state index contributed by atoms with van der Waals surface area (Å²) in [6.45, 7) is -3.19.